The van der Waals surface area contributed by atoms with E-state index in [0.29, 0.717) is 5.69 Å². The zero-order valence-corrected chi connectivity index (χ0v) is 9.07. The Labute approximate surface area is 93.6 Å². The normalized spacial score (nSPS) is 16.6. The second-order valence-electron chi connectivity index (χ2n) is 3.96. The van der Waals surface area contributed by atoms with Gasteiger partial charge < -0.3 is 10.1 Å². The molecule has 0 saturated heterocycles. The summed E-state index contributed by atoms with van der Waals surface area (Å²) >= 11 is 0. The third kappa shape index (κ3) is 2.32. The standard InChI is InChI=1S/C12H14FNO2/c1-16-12(15)11(8-6-7-8)14-10-5-3-2-4-9(10)13/h2-5,8,11,14H,6-7H2,1H3. The molecule has 0 bridgehead atoms. The Hall–Kier alpha value is -1.58. The fourth-order valence-corrected chi connectivity index (χ4v) is 1.67. The number of hydrogen-bond acceptors (Lipinski definition) is 3. The fraction of sp³-hybridized carbons (Fsp3) is 0.417. The Morgan fingerprint density at radius 2 is 2.19 bits per heavy atom. The molecule has 1 aromatic carbocycles. The average molecular weight is 223 g/mol. The number of carbonyl (C=O) groups excluding carboxylic acids is 1. The lowest BCUT2D eigenvalue weighted by molar-refractivity contribution is -0.142. The Bertz CT molecular complexity index is 390. The highest BCUT2D eigenvalue weighted by molar-refractivity contribution is 5.80. The lowest BCUT2D eigenvalue weighted by atomic mass is 10.1. The molecule has 1 atom stereocenters. The van der Waals surface area contributed by atoms with Crippen LogP contribution < -0.4 is 5.32 Å². The molecular weight excluding hydrogens is 209 g/mol. The van der Waals surface area contributed by atoms with Crippen molar-refractivity contribution in [2.75, 3.05) is 12.4 Å². The highest BCUT2D eigenvalue weighted by Gasteiger charge is 2.37. The molecule has 1 aromatic rings. The first kappa shape index (κ1) is 10.9. The maximum absolute atomic E-state index is 13.4. The molecule has 0 heterocycles. The molecule has 86 valence electrons. The van der Waals surface area contributed by atoms with E-state index in [4.69, 9.17) is 4.74 Å². The molecule has 16 heavy (non-hydrogen) atoms. The SMILES string of the molecule is COC(=O)C(Nc1ccccc1F)C1CC1. The summed E-state index contributed by atoms with van der Waals surface area (Å²) in [5, 5.41) is 2.91. The maximum Gasteiger partial charge on any atom is 0.328 e. The number of para-hydroxylation sites is 1. The zero-order chi connectivity index (χ0) is 11.5. The monoisotopic (exact) mass is 223 g/mol. The molecular formula is C12H14FNO2. The molecule has 0 aliphatic heterocycles. The van der Waals surface area contributed by atoms with Gasteiger partial charge in [-0.2, -0.15) is 0 Å². The van der Waals surface area contributed by atoms with Crippen molar-refractivity contribution in [3.8, 4) is 0 Å². The van der Waals surface area contributed by atoms with Gasteiger partial charge in [0.1, 0.15) is 11.9 Å². The summed E-state index contributed by atoms with van der Waals surface area (Å²) in [7, 11) is 1.35. The number of esters is 1. The second-order valence-corrected chi connectivity index (χ2v) is 3.96. The van der Waals surface area contributed by atoms with Gasteiger partial charge in [0.2, 0.25) is 0 Å². The van der Waals surface area contributed by atoms with Crippen LogP contribution in [0.1, 0.15) is 12.8 Å². The van der Waals surface area contributed by atoms with E-state index in [2.05, 4.69) is 5.32 Å². The van der Waals surface area contributed by atoms with Crippen molar-refractivity contribution in [3.63, 3.8) is 0 Å². The minimum absolute atomic E-state index is 0.270. The van der Waals surface area contributed by atoms with Gasteiger partial charge in [-0.3, -0.25) is 0 Å². The van der Waals surface area contributed by atoms with E-state index in [9.17, 15) is 9.18 Å². The Balaban J connectivity index is 2.11. The predicted molar refractivity (Wildman–Crippen MR) is 58.6 cm³/mol. The average Bonchev–Trinajstić information content (AvgIpc) is 3.11. The van der Waals surface area contributed by atoms with Gasteiger partial charge in [-0.15, -0.1) is 0 Å². The summed E-state index contributed by atoms with van der Waals surface area (Å²) in [4.78, 5) is 11.5. The number of halogens is 1. The van der Waals surface area contributed by atoms with Crippen molar-refractivity contribution in [2.45, 2.75) is 18.9 Å². The lowest BCUT2D eigenvalue weighted by Gasteiger charge is -2.17. The van der Waals surface area contributed by atoms with E-state index in [1.54, 1.807) is 18.2 Å². The quantitative estimate of drug-likeness (QED) is 0.795. The molecule has 0 amide bonds. The van der Waals surface area contributed by atoms with E-state index >= 15 is 0 Å². The number of rotatable bonds is 4. The largest absolute Gasteiger partial charge is 0.467 e. The van der Waals surface area contributed by atoms with Crippen molar-refractivity contribution in [3.05, 3.63) is 30.1 Å². The summed E-state index contributed by atoms with van der Waals surface area (Å²) in [6.45, 7) is 0. The van der Waals surface area contributed by atoms with Crippen molar-refractivity contribution < 1.29 is 13.9 Å². The number of nitrogens with one attached hydrogen (secondary N) is 1. The van der Waals surface area contributed by atoms with Crippen LogP contribution in [0, 0.1) is 11.7 Å². The number of methoxy groups -OCH3 is 1. The molecule has 1 unspecified atom stereocenters. The van der Waals surface area contributed by atoms with Gasteiger partial charge in [0.25, 0.3) is 0 Å². The molecule has 0 aromatic heterocycles. The summed E-state index contributed by atoms with van der Waals surface area (Å²) in [5.41, 5.74) is 0.352. The van der Waals surface area contributed by atoms with Gasteiger partial charge in [0.05, 0.1) is 12.8 Å². The molecule has 1 aliphatic carbocycles. The molecule has 1 saturated carbocycles. The first-order valence-electron chi connectivity index (χ1n) is 5.31. The maximum atomic E-state index is 13.4. The third-order valence-electron chi connectivity index (χ3n) is 2.73. The van der Waals surface area contributed by atoms with Gasteiger partial charge in [-0.1, -0.05) is 12.1 Å². The minimum Gasteiger partial charge on any atom is -0.467 e. The lowest BCUT2D eigenvalue weighted by Crippen LogP contribution is -2.33. The van der Waals surface area contributed by atoms with Crippen LogP contribution in [0.5, 0.6) is 0 Å². The van der Waals surface area contributed by atoms with Crippen LogP contribution in [-0.4, -0.2) is 19.1 Å². The summed E-state index contributed by atoms with van der Waals surface area (Å²) in [5.74, 6) is -0.408. The molecule has 3 nitrogen and oxygen atoms in total. The van der Waals surface area contributed by atoms with Gasteiger partial charge in [-0.05, 0) is 30.9 Å². The van der Waals surface area contributed by atoms with Crippen LogP contribution >= 0.6 is 0 Å². The molecule has 2 rings (SSSR count). The zero-order valence-electron chi connectivity index (χ0n) is 9.07. The predicted octanol–water partition coefficient (Wildman–Crippen LogP) is 2.19. The molecule has 1 aliphatic rings. The highest BCUT2D eigenvalue weighted by atomic mass is 19.1. The third-order valence-corrected chi connectivity index (χ3v) is 2.73. The number of ether oxygens (including phenoxy) is 1. The van der Waals surface area contributed by atoms with Gasteiger partial charge in [0.15, 0.2) is 0 Å². The number of carbonyl (C=O) groups is 1. The van der Waals surface area contributed by atoms with Crippen LogP contribution in [0.3, 0.4) is 0 Å². The van der Waals surface area contributed by atoms with Crippen molar-refractivity contribution in [1.29, 1.82) is 0 Å². The second kappa shape index (κ2) is 4.51. The van der Waals surface area contributed by atoms with Crippen LogP contribution in [0.4, 0.5) is 10.1 Å². The van der Waals surface area contributed by atoms with Crippen molar-refractivity contribution in [1.82, 2.24) is 0 Å². The number of hydrogen-bond donors (Lipinski definition) is 1. The van der Waals surface area contributed by atoms with Crippen molar-refractivity contribution >= 4 is 11.7 Å². The summed E-state index contributed by atoms with van der Waals surface area (Å²) in [6, 6.07) is 5.90. The van der Waals surface area contributed by atoms with Crippen molar-refractivity contribution in [2.24, 2.45) is 5.92 Å². The topological polar surface area (TPSA) is 38.3 Å². The van der Waals surface area contributed by atoms with Crippen LogP contribution in [0.25, 0.3) is 0 Å². The summed E-state index contributed by atoms with van der Waals surface area (Å²) in [6.07, 6.45) is 1.97. The molecule has 0 radical (unpaired) electrons. The van der Waals surface area contributed by atoms with Crippen LogP contribution in [0.15, 0.2) is 24.3 Å². The van der Waals surface area contributed by atoms with Crippen LogP contribution in [-0.2, 0) is 9.53 Å². The molecule has 4 heteroatoms. The van der Waals surface area contributed by atoms with E-state index in [0.717, 1.165) is 12.8 Å². The Morgan fingerprint density at radius 1 is 1.50 bits per heavy atom. The minimum atomic E-state index is -0.429. The summed E-state index contributed by atoms with van der Waals surface area (Å²) < 4.78 is 18.1. The van der Waals surface area contributed by atoms with E-state index < -0.39 is 6.04 Å². The first-order chi connectivity index (χ1) is 7.72. The molecule has 1 N–H and O–H groups in total. The van der Waals surface area contributed by atoms with Gasteiger partial charge in [-0.25, -0.2) is 9.18 Å². The van der Waals surface area contributed by atoms with Gasteiger partial charge >= 0.3 is 5.97 Å². The Morgan fingerprint density at radius 3 is 2.75 bits per heavy atom. The number of benzene rings is 1. The smallest absolute Gasteiger partial charge is 0.328 e. The van der Waals surface area contributed by atoms with Gasteiger partial charge in [0, 0.05) is 0 Å². The molecule has 1 fully saturated rings. The van der Waals surface area contributed by atoms with Crippen LogP contribution in [0.2, 0.25) is 0 Å². The molecule has 0 spiro atoms. The van der Waals surface area contributed by atoms with E-state index in [-0.39, 0.29) is 17.7 Å². The highest BCUT2D eigenvalue weighted by Crippen LogP contribution is 2.35. The van der Waals surface area contributed by atoms with E-state index in [1.807, 2.05) is 0 Å². The number of anilines is 1. The fourth-order valence-electron chi connectivity index (χ4n) is 1.67. The Kier molecular flexibility index (Phi) is 3.08. The van der Waals surface area contributed by atoms with E-state index in [1.165, 1.54) is 13.2 Å². The first-order valence-corrected chi connectivity index (χ1v) is 5.31.